The number of amides is 1. The van der Waals surface area contributed by atoms with Gasteiger partial charge in [0.15, 0.2) is 5.82 Å². The van der Waals surface area contributed by atoms with Crippen molar-refractivity contribution in [2.45, 2.75) is 19.3 Å². The van der Waals surface area contributed by atoms with Gasteiger partial charge in [0.1, 0.15) is 10.8 Å². The molecule has 0 atom stereocenters. The van der Waals surface area contributed by atoms with Crippen molar-refractivity contribution in [1.29, 1.82) is 0 Å². The van der Waals surface area contributed by atoms with Crippen LogP contribution in [-0.4, -0.2) is 23.9 Å². The number of piperidine rings is 1. The fourth-order valence-electron chi connectivity index (χ4n) is 1.96. The Hall–Kier alpha value is -1.16. The SMILES string of the molecule is O=C(c1ccc(F)c(Cl)c1F)N1CCCCC1. The summed E-state index contributed by atoms with van der Waals surface area (Å²) >= 11 is 5.45. The van der Waals surface area contributed by atoms with Crippen molar-refractivity contribution in [1.82, 2.24) is 4.90 Å². The fraction of sp³-hybridized carbons (Fsp3) is 0.417. The third kappa shape index (κ3) is 2.41. The van der Waals surface area contributed by atoms with Crippen molar-refractivity contribution >= 4 is 17.5 Å². The molecule has 5 heteroatoms. The lowest BCUT2D eigenvalue weighted by Gasteiger charge is -2.26. The molecule has 1 amide bonds. The van der Waals surface area contributed by atoms with Crippen LogP contribution in [0.25, 0.3) is 0 Å². The van der Waals surface area contributed by atoms with E-state index in [9.17, 15) is 13.6 Å². The number of nitrogens with zero attached hydrogens (tertiary/aromatic N) is 1. The summed E-state index contributed by atoms with van der Waals surface area (Å²) in [5.74, 6) is -2.23. The molecular formula is C12H12ClF2NO. The summed E-state index contributed by atoms with van der Waals surface area (Å²) in [5, 5.41) is -0.618. The second-order valence-corrected chi connectivity index (χ2v) is 4.45. The van der Waals surface area contributed by atoms with E-state index in [0.29, 0.717) is 13.1 Å². The van der Waals surface area contributed by atoms with Gasteiger partial charge in [0.05, 0.1) is 5.56 Å². The van der Waals surface area contributed by atoms with Crippen LogP contribution in [0.4, 0.5) is 8.78 Å². The average molecular weight is 260 g/mol. The summed E-state index contributed by atoms with van der Waals surface area (Å²) in [6.45, 7) is 1.24. The van der Waals surface area contributed by atoms with E-state index < -0.39 is 22.6 Å². The van der Waals surface area contributed by atoms with Gasteiger partial charge in [0.2, 0.25) is 0 Å². The summed E-state index contributed by atoms with van der Waals surface area (Å²) in [6, 6.07) is 2.16. The van der Waals surface area contributed by atoms with Gasteiger partial charge in [-0.1, -0.05) is 11.6 Å². The molecule has 2 rings (SSSR count). The van der Waals surface area contributed by atoms with E-state index in [2.05, 4.69) is 0 Å². The van der Waals surface area contributed by atoms with E-state index in [-0.39, 0.29) is 5.56 Å². The maximum absolute atomic E-state index is 13.6. The molecule has 92 valence electrons. The zero-order chi connectivity index (χ0) is 12.4. The summed E-state index contributed by atoms with van der Waals surface area (Å²) in [4.78, 5) is 13.6. The van der Waals surface area contributed by atoms with Gasteiger partial charge >= 0.3 is 0 Å². The first-order chi connectivity index (χ1) is 8.11. The van der Waals surface area contributed by atoms with E-state index in [0.717, 1.165) is 31.4 Å². The van der Waals surface area contributed by atoms with Crippen molar-refractivity contribution in [3.8, 4) is 0 Å². The normalized spacial score (nSPS) is 16.1. The Morgan fingerprint density at radius 3 is 2.47 bits per heavy atom. The summed E-state index contributed by atoms with van der Waals surface area (Å²) in [6.07, 6.45) is 2.92. The number of carbonyl (C=O) groups is 1. The highest BCUT2D eigenvalue weighted by atomic mass is 35.5. The molecule has 0 saturated carbocycles. The largest absolute Gasteiger partial charge is 0.339 e. The molecule has 2 nitrogen and oxygen atoms in total. The Labute approximate surface area is 103 Å². The Morgan fingerprint density at radius 2 is 1.82 bits per heavy atom. The first-order valence-electron chi connectivity index (χ1n) is 5.54. The lowest BCUT2D eigenvalue weighted by Crippen LogP contribution is -2.36. The highest BCUT2D eigenvalue weighted by Crippen LogP contribution is 2.23. The van der Waals surface area contributed by atoms with E-state index in [1.54, 1.807) is 4.90 Å². The number of halogens is 3. The number of hydrogen-bond acceptors (Lipinski definition) is 1. The second kappa shape index (κ2) is 5.00. The van der Waals surface area contributed by atoms with Gasteiger partial charge in [-0.3, -0.25) is 4.79 Å². The first-order valence-corrected chi connectivity index (χ1v) is 5.92. The van der Waals surface area contributed by atoms with Crippen LogP contribution in [0.2, 0.25) is 5.02 Å². The Balaban J connectivity index is 2.27. The second-order valence-electron chi connectivity index (χ2n) is 4.08. The number of carbonyl (C=O) groups excluding carboxylic acids is 1. The molecule has 0 N–H and O–H groups in total. The first kappa shape index (κ1) is 12.3. The van der Waals surface area contributed by atoms with Gasteiger partial charge in [-0.05, 0) is 31.4 Å². The molecule has 0 aromatic heterocycles. The van der Waals surface area contributed by atoms with Gasteiger partial charge in [0.25, 0.3) is 5.91 Å². The minimum absolute atomic E-state index is 0.154. The number of hydrogen-bond donors (Lipinski definition) is 0. The molecule has 1 aromatic rings. The van der Waals surface area contributed by atoms with E-state index in [1.165, 1.54) is 0 Å². The highest BCUT2D eigenvalue weighted by Gasteiger charge is 2.23. The topological polar surface area (TPSA) is 20.3 Å². The molecular weight excluding hydrogens is 248 g/mol. The molecule has 1 heterocycles. The molecule has 1 fully saturated rings. The zero-order valence-electron chi connectivity index (χ0n) is 9.18. The van der Waals surface area contributed by atoms with Crippen molar-refractivity contribution < 1.29 is 13.6 Å². The van der Waals surface area contributed by atoms with Gasteiger partial charge in [-0.15, -0.1) is 0 Å². The van der Waals surface area contributed by atoms with Crippen LogP contribution >= 0.6 is 11.6 Å². The van der Waals surface area contributed by atoms with E-state index in [1.807, 2.05) is 0 Å². The van der Waals surface area contributed by atoms with Crippen LogP contribution in [0.1, 0.15) is 29.6 Å². The maximum atomic E-state index is 13.6. The minimum Gasteiger partial charge on any atom is -0.339 e. The molecule has 0 radical (unpaired) electrons. The summed E-state index contributed by atoms with van der Waals surface area (Å²) in [7, 11) is 0. The smallest absolute Gasteiger partial charge is 0.256 e. The molecule has 0 bridgehead atoms. The quantitative estimate of drug-likeness (QED) is 0.709. The molecule has 1 saturated heterocycles. The van der Waals surface area contributed by atoms with Crippen molar-refractivity contribution in [2.24, 2.45) is 0 Å². The summed E-state index contributed by atoms with van der Waals surface area (Å²) in [5.41, 5.74) is -0.154. The Morgan fingerprint density at radius 1 is 1.18 bits per heavy atom. The van der Waals surface area contributed by atoms with Crippen molar-refractivity contribution in [2.75, 3.05) is 13.1 Å². The van der Waals surface area contributed by atoms with Crippen LogP contribution in [0.15, 0.2) is 12.1 Å². The van der Waals surface area contributed by atoms with Crippen LogP contribution in [0.5, 0.6) is 0 Å². The Bertz CT molecular complexity index is 444. The standard InChI is InChI=1S/C12H12ClF2NO/c13-10-9(14)5-4-8(11(10)15)12(17)16-6-2-1-3-7-16/h4-5H,1-3,6-7H2. The van der Waals surface area contributed by atoms with E-state index in [4.69, 9.17) is 11.6 Å². The molecule has 1 aliphatic rings. The molecule has 0 unspecified atom stereocenters. The minimum atomic E-state index is -0.970. The monoisotopic (exact) mass is 259 g/mol. The van der Waals surface area contributed by atoms with E-state index >= 15 is 0 Å². The van der Waals surface area contributed by atoms with Crippen LogP contribution in [0.3, 0.4) is 0 Å². The predicted molar refractivity (Wildman–Crippen MR) is 61.1 cm³/mol. The lowest BCUT2D eigenvalue weighted by atomic mass is 10.1. The fourth-order valence-corrected chi connectivity index (χ4v) is 2.12. The molecule has 17 heavy (non-hydrogen) atoms. The molecule has 1 aliphatic heterocycles. The van der Waals surface area contributed by atoms with Gasteiger partial charge in [-0.2, -0.15) is 0 Å². The van der Waals surface area contributed by atoms with Gasteiger partial charge < -0.3 is 4.90 Å². The zero-order valence-corrected chi connectivity index (χ0v) is 9.94. The summed E-state index contributed by atoms with van der Waals surface area (Å²) < 4.78 is 26.6. The maximum Gasteiger partial charge on any atom is 0.256 e. The predicted octanol–water partition coefficient (Wildman–Crippen LogP) is 3.24. The van der Waals surface area contributed by atoms with Crippen molar-refractivity contribution in [3.05, 3.63) is 34.4 Å². The Kier molecular flexibility index (Phi) is 3.62. The number of rotatable bonds is 1. The average Bonchev–Trinajstić information content (AvgIpc) is 2.36. The van der Waals surface area contributed by atoms with Crippen LogP contribution < -0.4 is 0 Å². The number of benzene rings is 1. The van der Waals surface area contributed by atoms with Crippen LogP contribution in [0, 0.1) is 11.6 Å². The highest BCUT2D eigenvalue weighted by molar-refractivity contribution is 6.31. The number of likely N-dealkylation sites (tertiary alicyclic amines) is 1. The third-order valence-corrected chi connectivity index (χ3v) is 3.26. The molecule has 0 aliphatic carbocycles. The lowest BCUT2D eigenvalue weighted by molar-refractivity contribution is 0.0719. The van der Waals surface area contributed by atoms with Gasteiger partial charge in [0, 0.05) is 13.1 Å². The molecule has 1 aromatic carbocycles. The third-order valence-electron chi connectivity index (χ3n) is 2.91. The van der Waals surface area contributed by atoms with Gasteiger partial charge in [-0.25, -0.2) is 8.78 Å². The molecule has 0 spiro atoms. The van der Waals surface area contributed by atoms with Crippen LogP contribution in [-0.2, 0) is 0 Å². The van der Waals surface area contributed by atoms with Crippen molar-refractivity contribution in [3.63, 3.8) is 0 Å².